The highest BCUT2D eigenvalue weighted by molar-refractivity contribution is 5.12. The van der Waals surface area contributed by atoms with Crippen LogP contribution in [-0.4, -0.2) is 19.9 Å². The molecule has 0 unspecified atom stereocenters. The molecular weight excluding hydrogens is 296 g/mol. The standard InChI is InChI=1S/C20H22N4/c1-2-17-10-7-11-20(23-17)16-24(14-18-8-3-5-12-21-18)15-19-9-4-6-13-22-19/h3-13H,2,14-16H2,1H3. The maximum atomic E-state index is 4.73. The van der Waals surface area contributed by atoms with Crippen molar-refractivity contribution < 1.29 is 0 Å². The van der Waals surface area contributed by atoms with Crippen molar-refractivity contribution in [3.63, 3.8) is 0 Å². The molecule has 0 amide bonds. The van der Waals surface area contributed by atoms with Crippen molar-refractivity contribution in [2.45, 2.75) is 33.0 Å². The van der Waals surface area contributed by atoms with Crippen molar-refractivity contribution >= 4 is 0 Å². The van der Waals surface area contributed by atoms with Crippen LogP contribution in [0, 0.1) is 0 Å². The molecule has 0 radical (unpaired) electrons. The molecule has 0 saturated carbocycles. The lowest BCUT2D eigenvalue weighted by molar-refractivity contribution is 0.238. The van der Waals surface area contributed by atoms with Crippen LogP contribution in [-0.2, 0) is 26.1 Å². The Balaban J connectivity index is 1.78. The predicted octanol–water partition coefficient (Wildman–Crippen LogP) is 3.64. The molecule has 122 valence electrons. The van der Waals surface area contributed by atoms with E-state index in [1.54, 1.807) is 0 Å². The van der Waals surface area contributed by atoms with Gasteiger partial charge in [-0.1, -0.05) is 25.1 Å². The van der Waals surface area contributed by atoms with Crippen molar-refractivity contribution in [1.82, 2.24) is 19.9 Å². The molecule has 0 spiro atoms. The fourth-order valence-electron chi connectivity index (χ4n) is 2.65. The summed E-state index contributed by atoms with van der Waals surface area (Å²) in [6.45, 7) is 4.46. The van der Waals surface area contributed by atoms with Crippen molar-refractivity contribution in [3.8, 4) is 0 Å². The number of nitrogens with zero attached hydrogens (tertiary/aromatic N) is 4. The largest absolute Gasteiger partial charge is 0.286 e. The van der Waals surface area contributed by atoms with Crippen molar-refractivity contribution in [2.75, 3.05) is 0 Å². The summed E-state index contributed by atoms with van der Waals surface area (Å²) in [5, 5.41) is 0. The lowest BCUT2D eigenvalue weighted by Gasteiger charge is -2.21. The fourth-order valence-corrected chi connectivity index (χ4v) is 2.65. The van der Waals surface area contributed by atoms with Gasteiger partial charge in [0.15, 0.2) is 0 Å². The van der Waals surface area contributed by atoms with Gasteiger partial charge in [-0.3, -0.25) is 19.9 Å². The van der Waals surface area contributed by atoms with Crippen molar-refractivity contribution in [1.29, 1.82) is 0 Å². The third-order valence-electron chi connectivity index (χ3n) is 3.84. The second-order valence-corrected chi connectivity index (χ2v) is 5.76. The lowest BCUT2D eigenvalue weighted by Crippen LogP contribution is -2.24. The van der Waals surface area contributed by atoms with Gasteiger partial charge in [-0.05, 0) is 42.8 Å². The van der Waals surface area contributed by atoms with Gasteiger partial charge in [0.25, 0.3) is 0 Å². The Morgan fingerprint density at radius 2 is 1.21 bits per heavy atom. The monoisotopic (exact) mass is 318 g/mol. The SMILES string of the molecule is CCc1cccc(CN(Cc2ccccn2)Cc2ccccn2)n1. The number of hydrogen-bond acceptors (Lipinski definition) is 4. The molecule has 24 heavy (non-hydrogen) atoms. The van der Waals surface area contributed by atoms with Crippen LogP contribution in [0.2, 0.25) is 0 Å². The molecule has 3 aromatic heterocycles. The minimum atomic E-state index is 0.773. The summed E-state index contributed by atoms with van der Waals surface area (Å²) >= 11 is 0. The summed E-state index contributed by atoms with van der Waals surface area (Å²) in [6.07, 6.45) is 4.63. The van der Waals surface area contributed by atoms with E-state index in [0.29, 0.717) is 0 Å². The number of aryl methyl sites for hydroxylation is 1. The smallest absolute Gasteiger partial charge is 0.0547 e. The van der Waals surface area contributed by atoms with Crippen LogP contribution in [0.25, 0.3) is 0 Å². The molecule has 3 rings (SSSR count). The predicted molar refractivity (Wildman–Crippen MR) is 95.0 cm³/mol. The molecule has 4 nitrogen and oxygen atoms in total. The van der Waals surface area contributed by atoms with Gasteiger partial charge in [0.1, 0.15) is 0 Å². The van der Waals surface area contributed by atoms with Gasteiger partial charge in [0, 0.05) is 37.7 Å². The summed E-state index contributed by atoms with van der Waals surface area (Å²) in [5.41, 5.74) is 4.32. The first-order chi connectivity index (χ1) is 11.8. The molecule has 0 N–H and O–H groups in total. The molecule has 0 bridgehead atoms. The van der Waals surface area contributed by atoms with E-state index in [0.717, 1.165) is 48.8 Å². The number of aromatic nitrogens is 3. The first kappa shape index (κ1) is 16.3. The van der Waals surface area contributed by atoms with Crippen LogP contribution in [0.3, 0.4) is 0 Å². The minimum Gasteiger partial charge on any atom is -0.286 e. The summed E-state index contributed by atoms with van der Waals surface area (Å²) in [6, 6.07) is 18.3. The van der Waals surface area contributed by atoms with Gasteiger partial charge < -0.3 is 0 Å². The minimum absolute atomic E-state index is 0.773. The van der Waals surface area contributed by atoms with Gasteiger partial charge in [0.2, 0.25) is 0 Å². The van der Waals surface area contributed by atoms with Gasteiger partial charge in [-0.2, -0.15) is 0 Å². The van der Waals surface area contributed by atoms with E-state index in [4.69, 9.17) is 4.98 Å². The van der Waals surface area contributed by atoms with Crippen LogP contribution in [0.1, 0.15) is 29.7 Å². The Hall–Kier alpha value is -2.59. The van der Waals surface area contributed by atoms with E-state index in [1.807, 2.05) is 36.7 Å². The molecule has 0 aliphatic carbocycles. The zero-order chi connectivity index (χ0) is 16.6. The average Bonchev–Trinajstić information content (AvgIpc) is 2.63. The number of pyridine rings is 3. The third kappa shape index (κ3) is 4.70. The zero-order valence-corrected chi connectivity index (χ0v) is 14.0. The van der Waals surface area contributed by atoms with E-state index < -0.39 is 0 Å². The second kappa shape index (κ2) is 8.31. The molecule has 0 atom stereocenters. The number of rotatable bonds is 7. The molecule has 0 aromatic carbocycles. The lowest BCUT2D eigenvalue weighted by atomic mass is 10.2. The van der Waals surface area contributed by atoms with Crippen LogP contribution in [0.15, 0.2) is 67.0 Å². The molecule has 0 aliphatic rings. The Bertz CT molecular complexity index is 702. The maximum absolute atomic E-state index is 4.73. The Kier molecular flexibility index (Phi) is 5.64. The normalized spacial score (nSPS) is 10.9. The van der Waals surface area contributed by atoms with E-state index in [2.05, 4.69) is 52.1 Å². The zero-order valence-electron chi connectivity index (χ0n) is 14.0. The van der Waals surface area contributed by atoms with E-state index in [1.165, 1.54) is 0 Å². The Labute approximate surface area is 143 Å². The van der Waals surface area contributed by atoms with Gasteiger partial charge in [-0.25, -0.2) is 0 Å². The third-order valence-corrected chi connectivity index (χ3v) is 3.84. The molecule has 0 fully saturated rings. The van der Waals surface area contributed by atoms with Crippen LogP contribution >= 0.6 is 0 Å². The summed E-state index contributed by atoms with van der Waals surface area (Å²) in [5.74, 6) is 0. The number of hydrogen-bond donors (Lipinski definition) is 0. The highest BCUT2D eigenvalue weighted by Crippen LogP contribution is 2.11. The maximum Gasteiger partial charge on any atom is 0.0547 e. The Morgan fingerprint density at radius 1 is 0.667 bits per heavy atom. The van der Waals surface area contributed by atoms with Crippen LogP contribution in [0.5, 0.6) is 0 Å². The van der Waals surface area contributed by atoms with Crippen LogP contribution < -0.4 is 0 Å². The fraction of sp³-hybridized carbons (Fsp3) is 0.250. The van der Waals surface area contributed by atoms with Crippen LogP contribution in [0.4, 0.5) is 0 Å². The van der Waals surface area contributed by atoms with E-state index in [-0.39, 0.29) is 0 Å². The van der Waals surface area contributed by atoms with Gasteiger partial charge in [0.05, 0.1) is 17.1 Å². The topological polar surface area (TPSA) is 41.9 Å². The van der Waals surface area contributed by atoms with E-state index in [9.17, 15) is 0 Å². The molecule has 3 aromatic rings. The molecular formula is C20H22N4. The van der Waals surface area contributed by atoms with Crippen molar-refractivity contribution in [2.24, 2.45) is 0 Å². The molecule has 0 aliphatic heterocycles. The quantitative estimate of drug-likeness (QED) is 0.667. The summed E-state index contributed by atoms with van der Waals surface area (Å²) in [7, 11) is 0. The molecule has 3 heterocycles. The molecule has 4 heteroatoms. The second-order valence-electron chi connectivity index (χ2n) is 5.76. The Morgan fingerprint density at radius 3 is 1.75 bits per heavy atom. The highest BCUT2D eigenvalue weighted by Gasteiger charge is 2.11. The average molecular weight is 318 g/mol. The summed E-state index contributed by atoms with van der Waals surface area (Å²) < 4.78 is 0. The van der Waals surface area contributed by atoms with Gasteiger partial charge >= 0.3 is 0 Å². The first-order valence-corrected chi connectivity index (χ1v) is 8.30. The highest BCUT2D eigenvalue weighted by atomic mass is 15.1. The first-order valence-electron chi connectivity index (χ1n) is 8.30. The summed E-state index contributed by atoms with van der Waals surface area (Å²) in [4.78, 5) is 16.0. The van der Waals surface area contributed by atoms with Crippen molar-refractivity contribution in [3.05, 3.63) is 89.8 Å². The van der Waals surface area contributed by atoms with E-state index >= 15 is 0 Å². The van der Waals surface area contributed by atoms with Gasteiger partial charge in [-0.15, -0.1) is 0 Å². The molecule has 0 saturated heterocycles.